The predicted octanol–water partition coefficient (Wildman–Crippen LogP) is 1.48. The Labute approximate surface area is 106 Å². The van der Waals surface area contributed by atoms with Gasteiger partial charge in [0.1, 0.15) is 0 Å². The van der Waals surface area contributed by atoms with Crippen LogP contribution >= 0.6 is 0 Å². The molecule has 5 nitrogen and oxygen atoms in total. The van der Waals surface area contributed by atoms with Crippen LogP contribution in [0.4, 0.5) is 0 Å². The molecule has 3 fully saturated rings. The number of fused-ring (bicyclic) bond motifs is 5. The Balaban J connectivity index is 1.51. The van der Waals surface area contributed by atoms with Crippen molar-refractivity contribution < 1.29 is 9.26 Å². The lowest BCUT2D eigenvalue weighted by molar-refractivity contribution is 0.177. The lowest BCUT2D eigenvalue weighted by atomic mass is 10.0. The zero-order valence-electron chi connectivity index (χ0n) is 10.6. The van der Waals surface area contributed by atoms with Gasteiger partial charge >= 0.3 is 0 Å². The third kappa shape index (κ3) is 1.40. The maximum atomic E-state index is 5.91. The van der Waals surface area contributed by atoms with Crippen molar-refractivity contribution in [2.24, 2.45) is 29.4 Å². The summed E-state index contributed by atoms with van der Waals surface area (Å²) in [6, 6.07) is -0.275. The van der Waals surface area contributed by atoms with Gasteiger partial charge < -0.3 is 15.0 Å². The minimum Gasteiger partial charge on any atom is -0.383 e. The van der Waals surface area contributed by atoms with Gasteiger partial charge in [-0.2, -0.15) is 4.98 Å². The van der Waals surface area contributed by atoms with Crippen molar-refractivity contribution in [1.29, 1.82) is 0 Å². The van der Waals surface area contributed by atoms with Crippen LogP contribution in [0.2, 0.25) is 0 Å². The Kier molecular flexibility index (Phi) is 2.29. The fourth-order valence-corrected chi connectivity index (χ4v) is 4.44. The van der Waals surface area contributed by atoms with E-state index in [0.717, 1.165) is 29.6 Å². The second kappa shape index (κ2) is 3.78. The molecule has 0 spiro atoms. The highest BCUT2D eigenvalue weighted by molar-refractivity contribution is 5.23. The highest BCUT2D eigenvalue weighted by Crippen LogP contribution is 2.72. The molecule has 3 aliphatic rings. The molecule has 98 valence electrons. The number of hydrogen-bond donors (Lipinski definition) is 1. The van der Waals surface area contributed by atoms with Crippen molar-refractivity contribution in [1.82, 2.24) is 10.1 Å². The monoisotopic (exact) mass is 249 g/mol. The Morgan fingerprint density at radius 2 is 2.11 bits per heavy atom. The van der Waals surface area contributed by atoms with E-state index in [1.165, 1.54) is 19.3 Å². The van der Waals surface area contributed by atoms with E-state index in [4.69, 9.17) is 15.0 Å². The molecule has 5 atom stereocenters. The van der Waals surface area contributed by atoms with Gasteiger partial charge in [-0.05, 0) is 42.9 Å². The molecule has 0 saturated heterocycles. The number of rotatable bonds is 4. The molecule has 3 saturated carbocycles. The van der Waals surface area contributed by atoms with Gasteiger partial charge in [-0.25, -0.2) is 0 Å². The van der Waals surface area contributed by atoms with Crippen LogP contribution in [0.3, 0.4) is 0 Å². The van der Waals surface area contributed by atoms with Crippen LogP contribution in [0.1, 0.15) is 42.9 Å². The summed E-state index contributed by atoms with van der Waals surface area (Å²) in [5.41, 5.74) is 5.91. The Bertz CT molecular complexity index is 445. The van der Waals surface area contributed by atoms with Crippen LogP contribution in [0, 0.1) is 23.7 Å². The van der Waals surface area contributed by atoms with E-state index < -0.39 is 0 Å². The molecule has 2 bridgehead atoms. The number of methoxy groups -OCH3 is 1. The summed E-state index contributed by atoms with van der Waals surface area (Å²) in [7, 11) is 1.63. The number of ether oxygens (including phenoxy) is 1. The molecule has 0 aromatic carbocycles. The molecule has 0 amide bonds. The third-order valence-corrected chi connectivity index (χ3v) is 5.16. The first-order valence-corrected chi connectivity index (χ1v) is 6.87. The summed E-state index contributed by atoms with van der Waals surface area (Å²) in [5, 5.41) is 4.00. The molecule has 18 heavy (non-hydrogen) atoms. The Morgan fingerprint density at radius 3 is 2.78 bits per heavy atom. The molecule has 1 aromatic rings. The van der Waals surface area contributed by atoms with Gasteiger partial charge in [-0.1, -0.05) is 5.16 Å². The normalized spacial score (nSPS) is 42.0. The highest BCUT2D eigenvalue weighted by atomic mass is 16.5. The minimum atomic E-state index is -0.275. The highest BCUT2D eigenvalue weighted by Gasteiger charge is 2.67. The van der Waals surface area contributed by atoms with Gasteiger partial charge in [0.2, 0.25) is 5.89 Å². The maximum absolute atomic E-state index is 5.91. The first-order valence-electron chi connectivity index (χ1n) is 6.87. The van der Waals surface area contributed by atoms with Gasteiger partial charge in [-0.3, -0.25) is 0 Å². The van der Waals surface area contributed by atoms with Gasteiger partial charge in [0, 0.05) is 13.0 Å². The van der Waals surface area contributed by atoms with E-state index in [1.54, 1.807) is 7.11 Å². The number of aromatic nitrogens is 2. The first kappa shape index (κ1) is 10.9. The second-order valence-corrected chi connectivity index (χ2v) is 6.07. The topological polar surface area (TPSA) is 74.2 Å². The van der Waals surface area contributed by atoms with Crippen molar-refractivity contribution in [2.75, 3.05) is 13.7 Å². The standard InChI is InChI=1S/C13H19N3O2/c1-17-5-8(14)12-15-13(18-16-12)11-9-6-2-3-7(4-6)10(9)11/h6-11H,2-5,14H2,1H3. The lowest BCUT2D eigenvalue weighted by Crippen LogP contribution is -2.17. The largest absolute Gasteiger partial charge is 0.383 e. The zero-order chi connectivity index (χ0) is 12.3. The van der Waals surface area contributed by atoms with Gasteiger partial charge in [0.05, 0.1) is 12.6 Å². The molecule has 0 radical (unpaired) electrons. The van der Waals surface area contributed by atoms with E-state index in [9.17, 15) is 0 Å². The molecular formula is C13H19N3O2. The summed E-state index contributed by atoms with van der Waals surface area (Å²) < 4.78 is 10.4. The summed E-state index contributed by atoms with van der Waals surface area (Å²) in [4.78, 5) is 4.49. The summed E-state index contributed by atoms with van der Waals surface area (Å²) >= 11 is 0. The summed E-state index contributed by atoms with van der Waals surface area (Å²) in [6.45, 7) is 0.432. The average molecular weight is 249 g/mol. The van der Waals surface area contributed by atoms with E-state index >= 15 is 0 Å². The second-order valence-electron chi connectivity index (χ2n) is 6.07. The van der Waals surface area contributed by atoms with E-state index in [-0.39, 0.29) is 6.04 Å². The minimum absolute atomic E-state index is 0.275. The van der Waals surface area contributed by atoms with E-state index in [0.29, 0.717) is 18.3 Å². The molecule has 0 aliphatic heterocycles. The third-order valence-electron chi connectivity index (χ3n) is 5.16. The molecule has 2 N–H and O–H groups in total. The Hall–Kier alpha value is -0.940. The van der Waals surface area contributed by atoms with Crippen LogP contribution in [-0.2, 0) is 4.74 Å². The van der Waals surface area contributed by atoms with Crippen molar-refractivity contribution in [2.45, 2.75) is 31.2 Å². The molecule has 3 aliphatic carbocycles. The number of nitrogens with zero attached hydrogens (tertiary/aromatic N) is 2. The molecule has 5 unspecified atom stereocenters. The summed E-state index contributed by atoms with van der Waals surface area (Å²) in [6.07, 6.45) is 4.26. The SMILES string of the molecule is COCC(N)c1noc(C2C3C4CCC(C4)C23)n1. The van der Waals surface area contributed by atoms with E-state index in [1.807, 2.05) is 0 Å². The van der Waals surface area contributed by atoms with Crippen LogP contribution < -0.4 is 5.73 Å². The van der Waals surface area contributed by atoms with Gasteiger partial charge in [0.25, 0.3) is 0 Å². The van der Waals surface area contributed by atoms with Crippen molar-refractivity contribution >= 4 is 0 Å². The van der Waals surface area contributed by atoms with Crippen LogP contribution in [0.15, 0.2) is 4.52 Å². The molecule has 4 rings (SSSR count). The van der Waals surface area contributed by atoms with Crippen LogP contribution in [-0.4, -0.2) is 23.9 Å². The number of hydrogen-bond acceptors (Lipinski definition) is 5. The lowest BCUT2D eigenvalue weighted by Gasteiger charge is -2.04. The smallest absolute Gasteiger partial charge is 0.230 e. The fourth-order valence-electron chi connectivity index (χ4n) is 4.44. The van der Waals surface area contributed by atoms with Crippen LogP contribution in [0.25, 0.3) is 0 Å². The molecule has 1 heterocycles. The molecular weight excluding hydrogens is 230 g/mol. The van der Waals surface area contributed by atoms with Gasteiger partial charge in [0.15, 0.2) is 5.82 Å². The maximum Gasteiger partial charge on any atom is 0.230 e. The molecule has 1 aromatic heterocycles. The molecule has 5 heteroatoms. The van der Waals surface area contributed by atoms with Gasteiger partial charge in [-0.15, -0.1) is 0 Å². The number of nitrogens with two attached hydrogens (primary N) is 1. The summed E-state index contributed by atoms with van der Waals surface area (Å²) in [5.74, 6) is 5.45. The predicted molar refractivity (Wildman–Crippen MR) is 63.7 cm³/mol. The van der Waals surface area contributed by atoms with Crippen LogP contribution in [0.5, 0.6) is 0 Å². The quantitative estimate of drug-likeness (QED) is 0.874. The Morgan fingerprint density at radius 1 is 1.39 bits per heavy atom. The van der Waals surface area contributed by atoms with Crippen molar-refractivity contribution in [3.63, 3.8) is 0 Å². The average Bonchev–Trinajstić information content (AvgIpc) is 2.80. The van der Waals surface area contributed by atoms with Crippen molar-refractivity contribution in [3.8, 4) is 0 Å². The van der Waals surface area contributed by atoms with E-state index in [2.05, 4.69) is 10.1 Å². The first-order chi connectivity index (χ1) is 8.79. The fraction of sp³-hybridized carbons (Fsp3) is 0.846. The van der Waals surface area contributed by atoms with Crippen molar-refractivity contribution in [3.05, 3.63) is 11.7 Å². The zero-order valence-corrected chi connectivity index (χ0v) is 10.6.